The Morgan fingerprint density at radius 2 is 0.894 bits per heavy atom. The fourth-order valence-electron chi connectivity index (χ4n) is 10.9. The maximum Gasteiger partial charge on any atom is 0.235 e. The number of rotatable bonds is 4. The van der Waals surface area contributed by atoms with Gasteiger partial charge in [-0.2, -0.15) is 4.58 Å². The molecular weight excluding hydrogens is 803 g/mol. The van der Waals surface area contributed by atoms with Crippen molar-refractivity contribution in [1.82, 2.24) is 18.7 Å². The van der Waals surface area contributed by atoms with Gasteiger partial charge in [-0.15, -0.1) is 0 Å². The summed E-state index contributed by atoms with van der Waals surface area (Å²) in [7, 11) is 0. The Bertz CT molecular complexity index is 3920. The summed E-state index contributed by atoms with van der Waals surface area (Å²) in [5, 5.41) is 4.95. The zero-order valence-corrected chi connectivity index (χ0v) is 35.9. The lowest BCUT2D eigenvalue weighted by atomic mass is 9.82. The summed E-state index contributed by atoms with van der Waals surface area (Å²) in [5.41, 5.74) is 20.6. The molecule has 0 N–H and O–H groups in total. The van der Waals surface area contributed by atoms with E-state index < -0.39 is 0 Å². The molecule has 0 fully saturated rings. The number of aromatic nitrogens is 3. The summed E-state index contributed by atoms with van der Waals surface area (Å²) in [5.74, 6) is 0. The van der Waals surface area contributed by atoms with Crippen LogP contribution in [0.1, 0.15) is 0 Å². The molecule has 66 heavy (non-hydrogen) atoms. The molecule has 1 aliphatic heterocycles. The number of para-hydroxylation sites is 5. The predicted octanol–water partition coefficient (Wildman–Crippen LogP) is 15.3. The summed E-state index contributed by atoms with van der Waals surface area (Å²) >= 11 is 0. The average molecular weight is 843 g/mol. The molecule has 5 heteroatoms. The zero-order valence-electron chi connectivity index (χ0n) is 35.9. The van der Waals surface area contributed by atoms with Gasteiger partial charge >= 0.3 is 0 Å². The van der Waals surface area contributed by atoms with Crippen molar-refractivity contribution < 1.29 is 0 Å². The minimum atomic E-state index is 0.718. The van der Waals surface area contributed by atoms with Gasteiger partial charge in [0.05, 0.1) is 27.8 Å². The highest BCUT2D eigenvalue weighted by Gasteiger charge is 2.33. The lowest BCUT2D eigenvalue weighted by Crippen LogP contribution is -2.29. The second-order valence-corrected chi connectivity index (χ2v) is 17.3. The van der Waals surface area contributed by atoms with Crippen LogP contribution in [0.4, 0.5) is 22.7 Å². The molecule has 5 nitrogen and oxygen atoms in total. The van der Waals surface area contributed by atoms with Crippen LogP contribution in [0, 0.1) is 0 Å². The zero-order chi connectivity index (χ0) is 43.3. The van der Waals surface area contributed by atoms with E-state index in [0.29, 0.717) is 0 Å². The van der Waals surface area contributed by atoms with Crippen LogP contribution in [0.15, 0.2) is 225 Å². The maximum atomic E-state index is 5.23. The van der Waals surface area contributed by atoms with Gasteiger partial charge in [-0.1, -0.05) is 127 Å². The predicted molar refractivity (Wildman–Crippen MR) is 276 cm³/mol. The third kappa shape index (κ3) is 5.41. The molecular formula is C61H40N5+. The van der Waals surface area contributed by atoms with Gasteiger partial charge in [0.1, 0.15) is 12.2 Å². The Kier molecular flexibility index (Phi) is 7.98. The van der Waals surface area contributed by atoms with Gasteiger partial charge in [0.2, 0.25) is 11.4 Å². The van der Waals surface area contributed by atoms with E-state index in [1.807, 2.05) is 6.20 Å². The molecule has 2 aliphatic rings. The van der Waals surface area contributed by atoms with Crippen LogP contribution in [0.5, 0.6) is 0 Å². The Morgan fingerprint density at radius 1 is 0.364 bits per heavy atom. The normalized spacial score (nSPS) is 12.8. The van der Waals surface area contributed by atoms with Gasteiger partial charge < -0.3 is 14.0 Å². The van der Waals surface area contributed by atoms with E-state index in [4.69, 9.17) is 4.98 Å². The van der Waals surface area contributed by atoms with Gasteiger partial charge in [-0.3, -0.25) is 4.98 Å². The largest absolute Gasteiger partial charge is 0.326 e. The third-order valence-electron chi connectivity index (χ3n) is 13.8. The van der Waals surface area contributed by atoms with Crippen LogP contribution in [0.25, 0.3) is 99.6 Å². The monoisotopic (exact) mass is 842 g/mol. The number of anilines is 2. The summed E-state index contributed by atoms with van der Waals surface area (Å²) in [6.07, 6.45) is 4.25. The Balaban J connectivity index is 1.04. The third-order valence-corrected chi connectivity index (χ3v) is 13.8. The highest BCUT2D eigenvalue weighted by Crippen LogP contribution is 2.52. The second kappa shape index (κ2) is 14.4. The van der Waals surface area contributed by atoms with E-state index in [1.54, 1.807) is 0 Å². The van der Waals surface area contributed by atoms with E-state index in [-0.39, 0.29) is 0 Å². The minimum Gasteiger partial charge on any atom is -0.326 e. The highest BCUT2D eigenvalue weighted by molar-refractivity contribution is 6.13. The molecule has 0 radical (unpaired) electrons. The van der Waals surface area contributed by atoms with E-state index >= 15 is 0 Å². The summed E-state index contributed by atoms with van der Waals surface area (Å²) in [6, 6.07) is 79.8. The summed E-state index contributed by atoms with van der Waals surface area (Å²) in [6.45, 7) is 0.718. The molecule has 4 heterocycles. The van der Waals surface area contributed by atoms with E-state index in [9.17, 15) is 0 Å². The quantitative estimate of drug-likeness (QED) is 0.165. The van der Waals surface area contributed by atoms with Crippen LogP contribution < -0.4 is 9.48 Å². The molecule has 3 aromatic heterocycles. The highest BCUT2D eigenvalue weighted by atomic mass is 15.2. The molecule has 1 aliphatic carbocycles. The molecule has 0 saturated heterocycles. The van der Waals surface area contributed by atoms with Crippen LogP contribution in [-0.2, 0) is 0 Å². The summed E-state index contributed by atoms with van der Waals surface area (Å²) < 4.78 is 7.24. The van der Waals surface area contributed by atoms with Crippen molar-refractivity contribution in [2.75, 3.05) is 11.4 Å². The van der Waals surface area contributed by atoms with E-state index in [2.05, 4.69) is 243 Å². The minimum absolute atomic E-state index is 0.718. The number of fused-ring (bicyclic) bond motifs is 15. The maximum absolute atomic E-state index is 5.23. The molecule has 14 rings (SSSR count). The first kappa shape index (κ1) is 36.7. The molecule has 9 aromatic carbocycles. The van der Waals surface area contributed by atoms with Gasteiger partial charge in [-0.25, -0.2) is 0 Å². The first-order valence-corrected chi connectivity index (χ1v) is 22.7. The van der Waals surface area contributed by atoms with Crippen LogP contribution in [0.3, 0.4) is 0 Å². The topological polar surface area (TPSA) is 29.0 Å². The van der Waals surface area contributed by atoms with Crippen molar-refractivity contribution in [1.29, 1.82) is 0 Å². The van der Waals surface area contributed by atoms with Crippen molar-refractivity contribution in [3.8, 4) is 56.0 Å². The SMILES string of the molecule is C1=[N+](c2ccccc2)c2cc3c(cc2N(c2ccccc2)C1)-c1ncccc1-c1ccccc1-c1ccc(-n2c4ccccc4c4cc(-n5c6ccccc6c6ccccc65)ccc42)cc1-3. The van der Waals surface area contributed by atoms with Crippen molar-refractivity contribution >= 4 is 72.6 Å². The molecule has 308 valence electrons. The van der Waals surface area contributed by atoms with Crippen molar-refractivity contribution in [2.45, 2.75) is 0 Å². The van der Waals surface area contributed by atoms with Crippen molar-refractivity contribution in [2.24, 2.45) is 0 Å². The molecule has 12 aromatic rings. The van der Waals surface area contributed by atoms with Gasteiger partial charge in [0.25, 0.3) is 0 Å². The Morgan fingerprint density at radius 3 is 1.61 bits per heavy atom. The van der Waals surface area contributed by atoms with E-state index in [1.165, 1.54) is 54.8 Å². The Hall–Kier alpha value is -8.80. The fraction of sp³-hybridized carbons (Fsp3) is 0.0164. The lowest BCUT2D eigenvalue weighted by molar-refractivity contribution is 1.000. The molecule has 0 amide bonds. The number of hydrogen-bond donors (Lipinski definition) is 0. The molecule has 0 unspecified atom stereocenters. The molecule has 0 atom stereocenters. The van der Waals surface area contributed by atoms with Crippen LogP contribution in [0.2, 0.25) is 0 Å². The number of benzene rings is 9. The van der Waals surface area contributed by atoms with Crippen molar-refractivity contribution in [3.05, 3.63) is 225 Å². The molecule has 0 saturated carbocycles. The lowest BCUT2D eigenvalue weighted by Gasteiger charge is -2.29. The van der Waals surface area contributed by atoms with E-state index in [0.717, 1.165) is 74.1 Å². The average Bonchev–Trinajstić information content (AvgIpc) is 3.90. The Labute approximate surface area is 381 Å². The molecule has 0 bridgehead atoms. The van der Waals surface area contributed by atoms with Crippen molar-refractivity contribution in [3.63, 3.8) is 0 Å². The standard InChI is InChI=1S/C61H40N5/c1-3-16-40(17-4-1)63-34-35-64(41-18-5-2-6-19-41)60-39-54-52(38-59(60)63)51-36-42(29-31-46(51)44-20-7-8-21-45(44)50-25-15-33-62-61(50)54)66-57-28-14-11-24-49(57)53-37-43(30-32-58(53)66)65-55-26-12-9-22-47(55)48-23-10-13-27-56(48)65/h1-34,36-39H,35H2/q+1. The number of nitrogens with zero attached hydrogens (tertiary/aromatic N) is 5. The summed E-state index contributed by atoms with van der Waals surface area (Å²) in [4.78, 5) is 7.66. The fourth-order valence-corrected chi connectivity index (χ4v) is 10.9. The smallest absolute Gasteiger partial charge is 0.235 e. The second-order valence-electron chi connectivity index (χ2n) is 17.3. The van der Waals surface area contributed by atoms with Crippen LogP contribution in [-0.4, -0.2) is 26.9 Å². The number of hydrogen-bond acceptors (Lipinski definition) is 2. The molecule has 0 spiro atoms. The first-order valence-electron chi connectivity index (χ1n) is 22.7. The van der Waals surface area contributed by atoms with Crippen LogP contribution >= 0.6 is 0 Å². The number of pyridine rings is 1. The van der Waals surface area contributed by atoms with Gasteiger partial charge in [0, 0.05) is 74.1 Å². The van der Waals surface area contributed by atoms with Gasteiger partial charge in [0.15, 0.2) is 6.21 Å². The first-order chi connectivity index (χ1) is 32.8. The van der Waals surface area contributed by atoms with Gasteiger partial charge in [-0.05, 0) is 101 Å².